The number of piperazine rings is 1. The molecule has 0 radical (unpaired) electrons. The lowest BCUT2D eigenvalue weighted by Gasteiger charge is -2.39. The van der Waals surface area contributed by atoms with Gasteiger partial charge in [-0.05, 0) is 18.6 Å². The zero-order chi connectivity index (χ0) is 21.0. The Hall–Kier alpha value is -2.33. The zero-order valence-electron chi connectivity index (χ0n) is 16.7. The van der Waals surface area contributed by atoms with Gasteiger partial charge in [-0.2, -0.15) is 4.98 Å². The average molecular weight is 410 g/mol. The van der Waals surface area contributed by atoms with Crippen molar-refractivity contribution in [2.45, 2.75) is 50.5 Å². The van der Waals surface area contributed by atoms with Crippen LogP contribution in [0.1, 0.15) is 32.4 Å². The minimum Gasteiger partial charge on any atom is -0.386 e. The molecule has 1 aromatic heterocycles. The molecule has 3 atom stereocenters. The Balaban J connectivity index is 1.76. The summed E-state index contributed by atoms with van der Waals surface area (Å²) in [5.41, 5.74) is 5.65. The van der Waals surface area contributed by atoms with Crippen LogP contribution in [0.25, 0.3) is 0 Å². The largest absolute Gasteiger partial charge is 0.386 e. The number of ether oxygens (including phenoxy) is 1. The summed E-state index contributed by atoms with van der Waals surface area (Å²) in [6.45, 7) is 3.90. The van der Waals surface area contributed by atoms with E-state index in [0.29, 0.717) is 6.54 Å². The van der Waals surface area contributed by atoms with Gasteiger partial charge in [0.05, 0.1) is 6.10 Å². The summed E-state index contributed by atoms with van der Waals surface area (Å²) in [6, 6.07) is 1.40. The second-order valence-electron chi connectivity index (χ2n) is 7.37. The second-order valence-corrected chi connectivity index (χ2v) is 7.37. The highest BCUT2D eigenvalue weighted by Crippen LogP contribution is 2.42. The van der Waals surface area contributed by atoms with Crippen molar-refractivity contribution in [3.8, 4) is 0 Å². The van der Waals surface area contributed by atoms with E-state index in [-0.39, 0.29) is 11.9 Å². The predicted octanol–water partition coefficient (Wildman–Crippen LogP) is 1.41. The molecule has 0 amide bonds. The number of alkyl halides is 2. The molecule has 1 aromatic rings. The molecular formula is C19H28F2N6O2. The van der Waals surface area contributed by atoms with Crippen molar-refractivity contribution in [2.24, 2.45) is 4.99 Å². The van der Waals surface area contributed by atoms with Crippen molar-refractivity contribution in [3.63, 3.8) is 0 Å². The molecule has 0 bridgehead atoms. The Labute approximate surface area is 168 Å². The van der Waals surface area contributed by atoms with Crippen LogP contribution in [0.15, 0.2) is 33.8 Å². The fourth-order valence-corrected chi connectivity index (χ4v) is 3.95. The summed E-state index contributed by atoms with van der Waals surface area (Å²) in [4.78, 5) is 21.7. The Bertz CT molecular complexity index is 825. The number of aliphatic imine (C=N–C) groups is 1. The topological polar surface area (TPSA) is 97.8 Å². The minimum absolute atomic E-state index is 0.0118. The van der Waals surface area contributed by atoms with E-state index in [1.807, 2.05) is 6.08 Å². The summed E-state index contributed by atoms with van der Waals surface area (Å²) in [6.07, 6.45) is 3.89. The standard InChI is InChI=1S/C19H28F2N6O2/c1-3-4-15-14(5-7-23-2)24-8-10-26(15)12-13-11-19(20,21)17(29-13)27-9-6-16(22)25-18(27)28/h5-7,9,13,15,17,24H,3-4,8,10-12H2,1-2H3,(H2,22,25,28)/b14-5-,23-7-/t13-,15?,17+/m0/s1. The maximum atomic E-state index is 14.7. The first kappa shape index (κ1) is 21.4. The first-order valence-electron chi connectivity index (χ1n) is 9.84. The zero-order valence-corrected chi connectivity index (χ0v) is 16.7. The van der Waals surface area contributed by atoms with Gasteiger partial charge in [-0.3, -0.25) is 14.5 Å². The van der Waals surface area contributed by atoms with E-state index in [1.165, 1.54) is 12.3 Å². The number of nitrogen functional groups attached to an aromatic ring is 1. The molecule has 3 heterocycles. The van der Waals surface area contributed by atoms with Crippen LogP contribution >= 0.6 is 0 Å². The Kier molecular flexibility index (Phi) is 6.63. The minimum atomic E-state index is -3.17. The number of nitrogens with two attached hydrogens (primary N) is 1. The van der Waals surface area contributed by atoms with Crippen LogP contribution in [0.5, 0.6) is 0 Å². The highest BCUT2D eigenvalue weighted by molar-refractivity contribution is 5.72. The van der Waals surface area contributed by atoms with Crippen molar-refractivity contribution < 1.29 is 13.5 Å². The molecule has 3 rings (SSSR count). The normalized spacial score (nSPS) is 28.8. The average Bonchev–Trinajstić information content (AvgIpc) is 2.96. The van der Waals surface area contributed by atoms with Crippen molar-refractivity contribution in [1.29, 1.82) is 0 Å². The predicted molar refractivity (Wildman–Crippen MR) is 107 cm³/mol. The van der Waals surface area contributed by atoms with Crippen LogP contribution in [0, 0.1) is 0 Å². The van der Waals surface area contributed by atoms with E-state index in [2.05, 4.69) is 27.1 Å². The number of allylic oxidation sites excluding steroid dienone is 1. The molecule has 0 saturated carbocycles. The molecule has 8 nitrogen and oxygen atoms in total. The number of rotatable bonds is 6. The van der Waals surface area contributed by atoms with Crippen LogP contribution in [0.2, 0.25) is 0 Å². The molecule has 10 heteroatoms. The molecule has 2 aliphatic rings. The third-order valence-electron chi connectivity index (χ3n) is 5.22. The number of nitrogens with zero attached hydrogens (tertiary/aromatic N) is 4. The molecule has 160 valence electrons. The van der Waals surface area contributed by atoms with Gasteiger partial charge in [-0.25, -0.2) is 13.6 Å². The Morgan fingerprint density at radius 2 is 2.31 bits per heavy atom. The lowest BCUT2D eigenvalue weighted by molar-refractivity contribution is -0.119. The van der Waals surface area contributed by atoms with Crippen molar-refractivity contribution in [3.05, 3.63) is 34.5 Å². The summed E-state index contributed by atoms with van der Waals surface area (Å²) in [7, 11) is 1.70. The molecular weight excluding hydrogens is 382 g/mol. The fourth-order valence-electron chi connectivity index (χ4n) is 3.95. The molecule has 2 aliphatic heterocycles. The first-order chi connectivity index (χ1) is 13.9. The van der Waals surface area contributed by atoms with Gasteiger partial charge in [0.2, 0.25) is 6.23 Å². The molecule has 0 aliphatic carbocycles. The lowest BCUT2D eigenvalue weighted by Crippen LogP contribution is -2.51. The van der Waals surface area contributed by atoms with E-state index in [4.69, 9.17) is 10.5 Å². The van der Waals surface area contributed by atoms with Crippen LogP contribution in [-0.2, 0) is 4.74 Å². The van der Waals surface area contributed by atoms with E-state index < -0.39 is 30.4 Å². The van der Waals surface area contributed by atoms with Crippen LogP contribution in [0.3, 0.4) is 0 Å². The summed E-state index contributed by atoms with van der Waals surface area (Å²) >= 11 is 0. The lowest BCUT2D eigenvalue weighted by atomic mass is 10.0. The smallest absolute Gasteiger partial charge is 0.351 e. The SMILES string of the molecule is CCCC1/C(=C/C=N\C)NCCN1C[C@@H]1CC(F)(F)[C@H](n2ccc(N)nc2=O)O1. The third-order valence-corrected chi connectivity index (χ3v) is 5.22. The number of hydrogen-bond donors (Lipinski definition) is 2. The summed E-state index contributed by atoms with van der Waals surface area (Å²) in [5.74, 6) is -3.18. The monoisotopic (exact) mass is 410 g/mol. The molecule has 1 unspecified atom stereocenters. The number of anilines is 1. The molecule has 0 spiro atoms. The number of hydrogen-bond acceptors (Lipinski definition) is 7. The van der Waals surface area contributed by atoms with E-state index >= 15 is 0 Å². The van der Waals surface area contributed by atoms with Crippen LogP contribution in [-0.4, -0.2) is 65.4 Å². The number of aromatic nitrogens is 2. The van der Waals surface area contributed by atoms with Crippen molar-refractivity contribution >= 4 is 12.0 Å². The van der Waals surface area contributed by atoms with Gasteiger partial charge in [0.15, 0.2) is 0 Å². The second kappa shape index (κ2) is 9.00. The van der Waals surface area contributed by atoms with Gasteiger partial charge in [-0.15, -0.1) is 0 Å². The molecule has 3 N–H and O–H groups in total. The quantitative estimate of drug-likeness (QED) is 0.688. The van der Waals surface area contributed by atoms with E-state index in [9.17, 15) is 13.6 Å². The highest BCUT2D eigenvalue weighted by Gasteiger charge is 2.52. The summed E-state index contributed by atoms with van der Waals surface area (Å²) < 4.78 is 35.8. The Morgan fingerprint density at radius 1 is 1.52 bits per heavy atom. The van der Waals surface area contributed by atoms with Gasteiger partial charge in [0.25, 0.3) is 5.92 Å². The van der Waals surface area contributed by atoms with Gasteiger partial charge in [0, 0.05) is 57.3 Å². The fraction of sp³-hybridized carbons (Fsp3) is 0.632. The van der Waals surface area contributed by atoms with Gasteiger partial charge in [-0.1, -0.05) is 13.3 Å². The molecule has 0 aromatic carbocycles. The first-order valence-corrected chi connectivity index (χ1v) is 9.84. The molecule has 2 saturated heterocycles. The maximum absolute atomic E-state index is 14.7. The number of nitrogens with one attached hydrogen (secondary N) is 1. The maximum Gasteiger partial charge on any atom is 0.351 e. The van der Waals surface area contributed by atoms with Crippen molar-refractivity contribution in [2.75, 3.05) is 32.4 Å². The summed E-state index contributed by atoms with van der Waals surface area (Å²) in [5, 5.41) is 3.38. The molecule has 29 heavy (non-hydrogen) atoms. The van der Waals surface area contributed by atoms with Crippen molar-refractivity contribution in [1.82, 2.24) is 19.8 Å². The highest BCUT2D eigenvalue weighted by atomic mass is 19.3. The van der Waals surface area contributed by atoms with Gasteiger partial charge >= 0.3 is 5.69 Å². The van der Waals surface area contributed by atoms with Crippen LogP contribution in [0.4, 0.5) is 14.6 Å². The molecule has 2 fully saturated rings. The van der Waals surface area contributed by atoms with Gasteiger partial charge in [0.1, 0.15) is 5.82 Å². The van der Waals surface area contributed by atoms with E-state index in [1.54, 1.807) is 13.3 Å². The van der Waals surface area contributed by atoms with E-state index in [0.717, 1.165) is 36.2 Å². The van der Waals surface area contributed by atoms with Crippen LogP contribution < -0.4 is 16.7 Å². The van der Waals surface area contributed by atoms with Gasteiger partial charge < -0.3 is 15.8 Å². The third kappa shape index (κ3) is 4.81. The number of halogens is 2. The Morgan fingerprint density at radius 3 is 3.00 bits per heavy atom.